The van der Waals surface area contributed by atoms with Crippen LogP contribution in [-0.2, 0) is 19.1 Å². The lowest BCUT2D eigenvalue weighted by molar-refractivity contribution is -0.142. The first-order valence-corrected chi connectivity index (χ1v) is 9.92. The highest BCUT2D eigenvalue weighted by Crippen LogP contribution is 2.32. The van der Waals surface area contributed by atoms with E-state index in [9.17, 15) is 14.4 Å². The van der Waals surface area contributed by atoms with Crippen molar-refractivity contribution in [2.45, 2.75) is 53.0 Å². The summed E-state index contributed by atoms with van der Waals surface area (Å²) in [6.45, 7) is 7.26. The highest BCUT2D eigenvalue weighted by atomic mass is 35.5. The molecular formula is C19H26ClNO4S. The molecule has 1 aromatic rings. The van der Waals surface area contributed by atoms with Crippen LogP contribution in [-0.4, -0.2) is 35.9 Å². The first-order chi connectivity index (χ1) is 12.2. The van der Waals surface area contributed by atoms with Gasteiger partial charge in [-0.1, -0.05) is 42.8 Å². The van der Waals surface area contributed by atoms with Crippen LogP contribution in [0.4, 0.5) is 5.69 Å². The number of ether oxygens (including phenoxy) is 1. The molecule has 1 rings (SSSR count). The standard InChI is InChI=1S/C19H26ClNO4S/c1-6-7-8-17(23)26-11-16(22)21(14(4)19(24)25-5)18-12(2)9-10-15(20)13(18)3/h9-10,14H,6-8,11H2,1-5H3/t14-/m0/s1. The number of methoxy groups -OCH3 is 1. The molecule has 0 bridgehead atoms. The SMILES string of the molecule is CCCCC(=O)SCC(=O)N(c1c(C)ccc(Cl)c1C)[C@@H](C)C(=O)OC. The molecule has 0 fully saturated rings. The Hall–Kier alpha value is -1.53. The molecule has 1 aromatic carbocycles. The summed E-state index contributed by atoms with van der Waals surface area (Å²) >= 11 is 7.21. The van der Waals surface area contributed by atoms with Gasteiger partial charge in [0.2, 0.25) is 5.91 Å². The number of halogens is 1. The van der Waals surface area contributed by atoms with E-state index in [1.54, 1.807) is 26.0 Å². The van der Waals surface area contributed by atoms with Crippen molar-refractivity contribution in [2.75, 3.05) is 17.8 Å². The Labute approximate surface area is 164 Å². The van der Waals surface area contributed by atoms with Crippen LogP contribution in [0.3, 0.4) is 0 Å². The number of thioether (sulfide) groups is 1. The number of esters is 1. The van der Waals surface area contributed by atoms with Gasteiger partial charge in [-0.05, 0) is 44.4 Å². The Morgan fingerprint density at radius 1 is 1.27 bits per heavy atom. The Balaban J connectivity index is 3.15. The number of aryl methyl sites for hydroxylation is 1. The molecule has 0 aliphatic heterocycles. The minimum Gasteiger partial charge on any atom is -0.467 e. The Kier molecular flexibility index (Phi) is 9.16. The molecule has 0 saturated carbocycles. The molecule has 0 aliphatic rings. The molecule has 5 nitrogen and oxygen atoms in total. The van der Waals surface area contributed by atoms with E-state index in [0.717, 1.165) is 30.2 Å². The van der Waals surface area contributed by atoms with Crippen molar-refractivity contribution in [1.29, 1.82) is 0 Å². The topological polar surface area (TPSA) is 63.7 Å². The zero-order valence-electron chi connectivity index (χ0n) is 15.9. The molecule has 0 saturated heterocycles. The molecule has 1 amide bonds. The van der Waals surface area contributed by atoms with Crippen molar-refractivity contribution < 1.29 is 19.1 Å². The third kappa shape index (κ3) is 5.74. The Bertz CT molecular complexity index is 678. The molecule has 0 heterocycles. The lowest BCUT2D eigenvalue weighted by Crippen LogP contribution is -2.45. The fourth-order valence-corrected chi connectivity index (χ4v) is 3.46. The van der Waals surface area contributed by atoms with Crippen LogP contribution in [0.2, 0.25) is 5.02 Å². The minimum absolute atomic E-state index is 0.0228. The first-order valence-electron chi connectivity index (χ1n) is 8.55. The van der Waals surface area contributed by atoms with Crippen LogP contribution >= 0.6 is 23.4 Å². The largest absolute Gasteiger partial charge is 0.467 e. The number of hydrogen-bond acceptors (Lipinski definition) is 5. The molecule has 26 heavy (non-hydrogen) atoms. The zero-order valence-corrected chi connectivity index (χ0v) is 17.5. The third-order valence-electron chi connectivity index (χ3n) is 4.10. The van der Waals surface area contributed by atoms with E-state index in [-0.39, 0.29) is 16.8 Å². The summed E-state index contributed by atoms with van der Waals surface area (Å²) in [5.74, 6) is -0.888. The van der Waals surface area contributed by atoms with Gasteiger partial charge in [0.1, 0.15) is 6.04 Å². The number of benzene rings is 1. The number of carbonyl (C=O) groups is 3. The van der Waals surface area contributed by atoms with Gasteiger partial charge in [-0.15, -0.1) is 0 Å². The van der Waals surface area contributed by atoms with Crippen LogP contribution in [0, 0.1) is 13.8 Å². The Morgan fingerprint density at radius 2 is 1.92 bits per heavy atom. The number of rotatable bonds is 8. The monoisotopic (exact) mass is 399 g/mol. The molecule has 7 heteroatoms. The van der Waals surface area contributed by atoms with Crippen molar-refractivity contribution in [2.24, 2.45) is 0 Å². The second kappa shape index (κ2) is 10.6. The van der Waals surface area contributed by atoms with Gasteiger partial charge in [0, 0.05) is 11.4 Å². The normalized spacial score (nSPS) is 11.8. The number of hydrogen-bond donors (Lipinski definition) is 0. The second-order valence-corrected chi connectivity index (χ2v) is 7.50. The van der Waals surface area contributed by atoms with E-state index in [0.29, 0.717) is 22.7 Å². The second-order valence-electron chi connectivity index (χ2n) is 6.07. The molecule has 0 spiro atoms. The maximum Gasteiger partial charge on any atom is 0.328 e. The summed E-state index contributed by atoms with van der Waals surface area (Å²) in [6, 6.07) is 2.73. The molecule has 0 N–H and O–H groups in total. The Morgan fingerprint density at radius 3 is 2.50 bits per heavy atom. The molecule has 144 valence electrons. The van der Waals surface area contributed by atoms with Gasteiger partial charge in [0.15, 0.2) is 5.12 Å². The predicted octanol–water partition coefficient (Wildman–Crippen LogP) is 4.30. The van der Waals surface area contributed by atoms with Crippen LogP contribution < -0.4 is 4.90 Å². The van der Waals surface area contributed by atoms with E-state index in [1.807, 2.05) is 13.8 Å². The van der Waals surface area contributed by atoms with Crippen LogP contribution in [0.5, 0.6) is 0 Å². The highest BCUT2D eigenvalue weighted by Gasteiger charge is 2.31. The van der Waals surface area contributed by atoms with E-state index in [2.05, 4.69) is 0 Å². The van der Waals surface area contributed by atoms with Gasteiger partial charge in [-0.2, -0.15) is 0 Å². The van der Waals surface area contributed by atoms with Gasteiger partial charge in [0.25, 0.3) is 0 Å². The molecular weight excluding hydrogens is 374 g/mol. The van der Waals surface area contributed by atoms with Gasteiger partial charge < -0.3 is 4.74 Å². The molecule has 0 radical (unpaired) electrons. The smallest absolute Gasteiger partial charge is 0.328 e. The summed E-state index contributed by atoms with van der Waals surface area (Å²) in [6.07, 6.45) is 2.16. The highest BCUT2D eigenvalue weighted by molar-refractivity contribution is 8.14. The summed E-state index contributed by atoms with van der Waals surface area (Å²) < 4.78 is 4.81. The minimum atomic E-state index is -0.824. The summed E-state index contributed by atoms with van der Waals surface area (Å²) in [4.78, 5) is 38.3. The van der Waals surface area contributed by atoms with Gasteiger partial charge >= 0.3 is 5.97 Å². The van der Waals surface area contributed by atoms with E-state index in [1.165, 1.54) is 12.0 Å². The number of carbonyl (C=O) groups excluding carboxylic acids is 3. The number of nitrogens with zero attached hydrogens (tertiary/aromatic N) is 1. The third-order valence-corrected chi connectivity index (χ3v) is 5.42. The predicted molar refractivity (Wildman–Crippen MR) is 107 cm³/mol. The van der Waals surface area contributed by atoms with Crippen molar-refractivity contribution in [3.8, 4) is 0 Å². The van der Waals surface area contributed by atoms with E-state index >= 15 is 0 Å². The summed E-state index contributed by atoms with van der Waals surface area (Å²) in [5.41, 5.74) is 2.11. The van der Waals surface area contributed by atoms with Crippen molar-refractivity contribution in [3.05, 3.63) is 28.3 Å². The fourth-order valence-electron chi connectivity index (χ4n) is 2.60. The summed E-state index contributed by atoms with van der Waals surface area (Å²) in [5, 5.41) is 0.484. The number of unbranched alkanes of at least 4 members (excludes halogenated alkanes) is 1. The van der Waals surface area contributed by atoms with E-state index < -0.39 is 12.0 Å². The molecule has 0 aromatic heterocycles. The summed E-state index contributed by atoms with van der Waals surface area (Å²) in [7, 11) is 1.28. The molecule has 1 atom stereocenters. The quantitative estimate of drug-likeness (QED) is 0.610. The molecule has 0 unspecified atom stereocenters. The van der Waals surface area contributed by atoms with Gasteiger partial charge in [-0.3, -0.25) is 14.5 Å². The number of amides is 1. The number of anilines is 1. The average Bonchev–Trinajstić information content (AvgIpc) is 2.63. The maximum atomic E-state index is 12.9. The molecule has 0 aliphatic carbocycles. The van der Waals surface area contributed by atoms with Crippen LogP contribution in [0.25, 0.3) is 0 Å². The lowest BCUT2D eigenvalue weighted by atomic mass is 10.1. The first kappa shape index (κ1) is 22.5. The van der Waals surface area contributed by atoms with Crippen LogP contribution in [0.15, 0.2) is 12.1 Å². The zero-order chi connectivity index (χ0) is 19.9. The fraction of sp³-hybridized carbons (Fsp3) is 0.526. The van der Waals surface area contributed by atoms with E-state index in [4.69, 9.17) is 16.3 Å². The van der Waals surface area contributed by atoms with Crippen molar-refractivity contribution in [3.63, 3.8) is 0 Å². The maximum absolute atomic E-state index is 12.9. The lowest BCUT2D eigenvalue weighted by Gasteiger charge is -2.30. The van der Waals surface area contributed by atoms with Crippen LogP contribution in [0.1, 0.15) is 44.2 Å². The van der Waals surface area contributed by atoms with Gasteiger partial charge in [-0.25, -0.2) is 4.79 Å². The van der Waals surface area contributed by atoms with Crippen molar-refractivity contribution >= 4 is 46.0 Å². The van der Waals surface area contributed by atoms with Crippen molar-refractivity contribution in [1.82, 2.24) is 0 Å². The van der Waals surface area contributed by atoms with Gasteiger partial charge in [0.05, 0.1) is 18.6 Å². The average molecular weight is 400 g/mol.